The van der Waals surface area contributed by atoms with E-state index in [9.17, 15) is 0 Å². The van der Waals surface area contributed by atoms with Crippen molar-refractivity contribution in [3.8, 4) is 0 Å². The minimum absolute atomic E-state index is 0.175. The topological polar surface area (TPSA) is 88.1 Å². The van der Waals surface area contributed by atoms with Gasteiger partial charge in [0.05, 0.1) is 19.5 Å². The average Bonchev–Trinajstić information content (AvgIpc) is 3.16. The first-order valence-corrected chi connectivity index (χ1v) is 14.4. The van der Waals surface area contributed by atoms with E-state index in [1.807, 2.05) is 16.3 Å². The van der Waals surface area contributed by atoms with Crippen LogP contribution in [-0.2, 0) is 26.1 Å². The van der Waals surface area contributed by atoms with Gasteiger partial charge >= 0.3 is 0 Å². The first-order chi connectivity index (χ1) is 15.2. The number of rotatable bonds is 8. The highest BCUT2D eigenvalue weighted by Crippen LogP contribution is 2.42. The van der Waals surface area contributed by atoms with Gasteiger partial charge in [-0.2, -0.15) is 11.8 Å². The maximum atomic E-state index is 6.23. The smallest absolute Gasteiger partial charge is 0.205 e. The summed E-state index contributed by atoms with van der Waals surface area (Å²) >= 11 is 1.93. The van der Waals surface area contributed by atoms with Gasteiger partial charge in [0.25, 0.3) is 0 Å². The van der Waals surface area contributed by atoms with Crippen molar-refractivity contribution in [3.05, 3.63) is 48.0 Å². The zero-order chi connectivity index (χ0) is 22.9. The van der Waals surface area contributed by atoms with Gasteiger partial charge < -0.3 is 14.9 Å². The molecule has 0 aliphatic carbocycles. The van der Waals surface area contributed by atoms with Crippen molar-refractivity contribution >= 4 is 37.8 Å². The number of hydrogen-bond acceptors (Lipinski definition) is 7. The maximum Gasteiger partial charge on any atom is 0.205 e. The second-order valence-electron chi connectivity index (χ2n) is 9.56. The number of fused-ring (bicyclic) bond motifs is 1. The number of nitrogens with zero attached hydrogens (tertiary/aromatic N) is 4. The van der Waals surface area contributed by atoms with Gasteiger partial charge in [-0.25, -0.2) is 15.0 Å². The molecule has 1 aliphatic heterocycles. The fourth-order valence-corrected chi connectivity index (χ4v) is 5.55. The van der Waals surface area contributed by atoms with E-state index in [2.05, 4.69) is 73.1 Å². The highest BCUT2D eigenvalue weighted by molar-refractivity contribution is 7.98. The lowest BCUT2D eigenvalue weighted by Gasteiger charge is -2.50. The lowest BCUT2D eigenvalue weighted by molar-refractivity contribution is -0.263. The van der Waals surface area contributed by atoms with Gasteiger partial charge in [0.2, 0.25) is 9.04 Å². The first kappa shape index (κ1) is 23.2. The van der Waals surface area contributed by atoms with Crippen molar-refractivity contribution in [2.24, 2.45) is 5.92 Å². The molecule has 7 nitrogen and oxygen atoms in total. The number of nitrogens with two attached hydrogens (primary N) is 1. The van der Waals surface area contributed by atoms with Crippen LogP contribution in [0, 0.1) is 5.92 Å². The molecule has 4 rings (SSSR count). The molecule has 3 aromatic rings. The number of aromatic nitrogens is 4. The number of thioether (sulfide) groups is 1. The third-order valence-corrected chi connectivity index (χ3v) is 7.81. The lowest BCUT2D eigenvalue weighted by Crippen LogP contribution is -2.59. The van der Waals surface area contributed by atoms with Crippen LogP contribution in [-0.4, -0.2) is 47.5 Å². The second kappa shape index (κ2) is 9.13. The van der Waals surface area contributed by atoms with Crippen LogP contribution < -0.4 is 5.73 Å². The summed E-state index contributed by atoms with van der Waals surface area (Å²) in [4.78, 5) is 13.0. The molecule has 1 aliphatic rings. The molecule has 0 saturated carbocycles. The van der Waals surface area contributed by atoms with E-state index in [1.54, 1.807) is 6.33 Å². The maximum absolute atomic E-state index is 6.23. The highest BCUT2D eigenvalue weighted by atomic mass is 32.2. The van der Waals surface area contributed by atoms with Gasteiger partial charge in [-0.05, 0) is 29.6 Å². The van der Waals surface area contributed by atoms with Gasteiger partial charge in [0.15, 0.2) is 17.2 Å². The summed E-state index contributed by atoms with van der Waals surface area (Å²) < 4.78 is 14.4. The minimum atomic E-state index is -0.874. The van der Waals surface area contributed by atoms with Crippen molar-refractivity contribution in [2.45, 2.75) is 50.8 Å². The summed E-state index contributed by atoms with van der Waals surface area (Å²) in [6.07, 6.45) is 3.24. The summed E-state index contributed by atoms with van der Waals surface area (Å²) in [5.41, 5.74) is 9.57. The molecular weight excluding hydrogens is 438 g/mol. The van der Waals surface area contributed by atoms with E-state index in [1.165, 1.54) is 17.5 Å². The number of benzene rings is 1. The Bertz CT molecular complexity index is 1070. The number of imidazole rings is 1. The zero-order valence-electron chi connectivity index (χ0n) is 19.5. The molecule has 9 heteroatoms. The quantitative estimate of drug-likeness (QED) is 0.493. The fourth-order valence-electron chi connectivity index (χ4n) is 3.86. The Balaban J connectivity index is 1.49. The molecular formula is C23H32N5O2SSi. The molecule has 2 atom stereocenters. The van der Waals surface area contributed by atoms with Crippen LogP contribution >= 0.6 is 11.8 Å². The molecule has 0 unspecified atom stereocenters. The highest BCUT2D eigenvalue weighted by Gasteiger charge is 2.51. The van der Waals surface area contributed by atoms with Gasteiger partial charge in [-0.1, -0.05) is 45.0 Å². The van der Waals surface area contributed by atoms with Gasteiger partial charge in [-0.3, -0.25) is 4.57 Å². The van der Waals surface area contributed by atoms with Crippen molar-refractivity contribution < 1.29 is 9.16 Å². The van der Waals surface area contributed by atoms with Gasteiger partial charge in [-0.15, -0.1) is 0 Å². The van der Waals surface area contributed by atoms with Crippen LogP contribution in [0.25, 0.3) is 11.2 Å². The first-order valence-electron chi connectivity index (χ1n) is 10.9. The minimum Gasteiger partial charge on any atom is -0.412 e. The Kier molecular flexibility index (Phi) is 6.62. The Labute approximate surface area is 195 Å². The molecule has 171 valence electrons. The van der Waals surface area contributed by atoms with E-state index in [-0.39, 0.29) is 11.3 Å². The predicted octanol–water partition coefficient (Wildman–Crippen LogP) is 4.21. The molecule has 1 radical (unpaired) electrons. The van der Waals surface area contributed by atoms with Gasteiger partial charge in [0.1, 0.15) is 11.8 Å². The summed E-state index contributed by atoms with van der Waals surface area (Å²) in [7, 11) is -0.874. The summed E-state index contributed by atoms with van der Waals surface area (Å²) in [6.45, 7) is 12.2. The molecule has 1 aromatic carbocycles. The molecule has 32 heavy (non-hydrogen) atoms. The monoisotopic (exact) mass is 470 g/mol. The Morgan fingerprint density at radius 1 is 1.22 bits per heavy atom. The Morgan fingerprint density at radius 2 is 1.97 bits per heavy atom. The number of ether oxygens (including phenoxy) is 1. The number of anilines is 1. The van der Waals surface area contributed by atoms with E-state index in [0.29, 0.717) is 30.2 Å². The zero-order valence-corrected chi connectivity index (χ0v) is 21.3. The molecule has 0 bridgehead atoms. The van der Waals surface area contributed by atoms with Crippen molar-refractivity contribution in [1.29, 1.82) is 0 Å². The van der Waals surface area contributed by atoms with Crippen LogP contribution in [0.3, 0.4) is 0 Å². The molecule has 0 spiro atoms. The van der Waals surface area contributed by atoms with Crippen LogP contribution in [0.2, 0.25) is 13.1 Å². The van der Waals surface area contributed by atoms with E-state index >= 15 is 0 Å². The third kappa shape index (κ3) is 4.57. The van der Waals surface area contributed by atoms with Crippen LogP contribution in [0.4, 0.5) is 5.82 Å². The summed E-state index contributed by atoms with van der Waals surface area (Å²) in [6, 6.07) is 8.98. The average molecular weight is 471 g/mol. The standard InChI is InChI=1S/C23H32N5O2SSi/c1-22(2,3)17-8-6-16(7-9-17)11-31-12-18-10-29-23(18,13-30-32(4)5)28-15-27-19-20(24)25-14-26-21(19)28/h6-9,14-15,18H,10-13H2,1-5H3,(H2,24,25,26)/t18-,23-/m0/s1. The van der Waals surface area contributed by atoms with Crippen molar-refractivity contribution in [3.63, 3.8) is 0 Å². The van der Waals surface area contributed by atoms with Crippen molar-refractivity contribution in [1.82, 2.24) is 19.5 Å². The molecule has 0 amide bonds. The third-order valence-electron chi connectivity index (χ3n) is 5.92. The van der Waals surface area contributed by atoms with E-state index < -0.39 is 14.8 Å². The summed E-state index contributed by atoms with van der Waals surface area (Å²) in [5.74, 6) is 2.59. The lowest BCUT2D eigenvalue weighted by atomic mass is 9.87. The van der Waals surface area contributed by atoms with Crippen LogP contribution in [0.1, 0.15) is 31.9 Å². The number of nitrogen functional groups attached to an aromatic ring is 1. The predicted molar refractivity (Wildman–Crippen MR) is 132 cm³/mol. The molecule has 2 aromatic heterocycles. The fraction of sp³-hybridized carbons (Fsp3) is 0.522. The molecule has 1 fully saturated rings. The van der Waals surface area contributed by atoms with Crippen molar-refractivity contribution in [2.75, 3.05) is 24.7 Å². The molecule has 3 heterocycles. The van der Waals surface area contributed by atoms with E-state index in [0.717, 1.165) is 11.5 Å². The number of hydrogen-bond donors (Lipinski definition) is 1. The largest absolute Gasteiger partial charge is 0.412 e. The molecule has 2 N–H and O–H groups in total. The van der Waals surface area contributed by atoms with Crippen LogP contribution in [0.15, 0.2) is 36.9 Å². The Hall–Kier alpha value is -1.94. The second-order valence-corrected chi connectivity index (χ2v) is 12.7. The summed E-state index contributed by atoms with van der Waals surface area (Å²) in [5, 5.41) is 0. The van der Waals surface area contributed by atoms with Crippen LogP contribution in [0.5, 0.6) is 0 Å². The SMILES string of the molecule is C[Si](C)OC[C@]1(n2cnc3c(N)ncnc32)OC[C@H]1CSCc1ccc(C(C)(C)C)cc1. The van der Waals surface area contributed by atoms with E-state index in [4.69, 9.17) is 14.9 Å². The van der Waals surface area contributed by atoms with Gasteiger partial charge in [0, 0.05) is 17.4 Å². The Morgan fingerprint density at radius 3 is 2.59 bits per heavy atom. The molecule has 1 saturated heterocycles. The normalized spacial score (nSPS) is 21.2.